The third-order valence-corrected chi connectivity index (χ3v) is 3.89. The van der Waals surface area contributed by atoms with E-state index >= 15 is 0 Å². The number of hydrogen-bond acceptors (Lipinski definition) is 3. The van der Waals surface area contributed by atoms with E-state index in [4.69, 9.17) is 0 Å². The van der Waals surface area contributed by atoms with Crippen LogP contribution in [0.1, 0.15) is 17.0 Å². The molecule has 0 atom stereocenters. The fourth-order valence-electron chi connectivity index (χ4n) is 2.59. The predicted octanol–water partition coefficient (Wildman–Crippen LogP) is 4.18. The molecule has 0 unspecified atom stereocenters. The van der Waals surface area contributed by atoms with Crippen LogP contribution in [0.25, 0.3) is 22.6 Å². The van der Waals surface area contributed by atoms with E-state index in [9.17, 15) is 13.2 Å². The molecule has 2 heterocycles. The van der Waals surface area contributed by atoms with Gasteiger partial charge in [0.25, 0.3) is 0 Å². The van der Waals surface area contributed by atoms with Crippen LogP contribution in [0.4, 0.5) is 13.2 Å². The Bertz CT molecular complexity index is 880. The lowest BCUT2D eigenvalue weighted by Crippen LogP contribution is -2.04. The predicted molar refractivity (Wildman–Crippen MR) is 84.1 cm³/mol. The van der Waals surface area contributed by atoms with Crippen LogP contribution in [0.15, 0.2) is 36.5 Å². The van der Waals surface area contributed by atoms with Crippen molar-refractivity contribution in [3.05, 3.63) is 53.5 Å². The first-order valence-electron chi connectivity index (χ1n) is 7.28. The monoisotopic (exact) mass is 332 g/mol. The molecule has 0 bridgehead atoms. The van der Waals surface area contributed by atoms with Gasteiger partial charge in [-0.05, 0) is 32.0 Å². The Hall–Kier alpha value is -2.70. The number of halogens is 3. The van der Waals surface area contributed by atoms with Crippen LogP contribution in [0.3, 0.4) is 0 Å². The van der Waals surface area contributed by atoms with Crippen molar-refractivity contribution in [2.24, 2.45) is 7.05 Å². The summed E-state index contributed by atoms with van der Waals surface area (Å²) >= 11 is 0. The van der Waals surface area contributed by atoms with Crippen LogP contribution in [-0.4, -0.2) is 19.7 Å². The zero-order valence-electron chi connectivity index (χ0n) is 13.4. The lowest BCUT2D eigenvalue weighted by atomic mass is 10.1. The van der Waals surface area contributed by atoms with Gasteiger partial charge in [-0.1, -0.05) is 12.1 Å². The average molecular weight is 332 g/mol. The number of hydrogen-bond donors (Lipinski definition) is 0. The highest BCUT2D eigenvalue weighted by Gasteiger charge is 2.30. The molecule has 0 fully saturated rings. The molecule has 24 heavy (non-hydrogen) atoms. The maximum Gasteiger partial charge on any atom is 0.416 e. The van der Waals surface area contributed by atoms with Gasteiger partial charge in [0.2, 0.25) is 0 Å². The van der Waals surface area contributed by atoms with E-state index in [0.717, 1.165) is 29.1 Å². The van der Waals surface area contributed by atoms with Crippen molar-refractivity contribution in [3.8, 4) is 22.6 Å². The molecule has 0 saturated heterocycles. The quantitative estimate of drug-likeness (QED) is 0.707. The van der Waals surface area contributed by atoms with E-state index in [1.165, 1.54) is 12.1 Å². The van der Waals surface area contributed by atoms with Crippen molar-refractivity contribution in [2.75, 3.05) is 0 Å². The van der Waals surface area contributed by atoms with Gasteiger partial charge in [-0.15, -0.1) is 0 Å². The lowest BCUT2D eigenvalue weighted by Gasteiger charge is -2.08. The lowest BCUT2D eigenvalue weighted by molar-refractivity contribution is -0.137. The fourth-order valence-corrected chi connectivity index (χ4v) is 2.59. The third-order valence-electron chi connectivity index (χ3n) is 3.89. The topological polar surface area (TPSA) is 43.6 Å². The Balaban J connectivity index is 2.02. The molecule has 7 heteroatoms. The largest absolute Gasteiger partial charge is 0.416 e. The molecule has 0 N–H and O–H groups in total. The fraction of sp³-hybridized carbons (Fsp3) is 0.235. The number of benzene rings is 1. The van der Waals surface area contributed by atoms with E-state index in [-0.39, 0.29) is 0 Å². The molecular formula is C17H15F3N4. The van der Waals surface area contributed by atoms with E-state index in [0.29, 0.717) is 17.1 Å². The molecule has 0 aliphatic heterocycles. The van der Waals surface area contributed by atoms with Gasteiger partial charge in [-0.2, -0.15) is 18.3 Å². The molecule has 3 rings (SSSR count). The molecule has 0 amide bonds. The van der Waals surface area contributed by atoms with Crippen molar-refractivity contribution in [3.63, 3.8) is 0 Å². The zero-order valence-corrected chi connectivity index (χ0v) is 13.4. The number of rotatable bonds is 2. The van der Waals surface area contributed by atoms with Crippen LogP contribution in [0.5, 0.6) is 0 Å². The van der Waals surface area contributed by atoms with E-state index < -0.39 is 11.7 Å². The van der Waals surface area contributed by atoms with Crippen molar-refractivity contribution >= 4 is 0 Å². The summed E-state index contributed by atoms with van der Waals surface area (Å²) in [5.41, 5.74) is 3.25. The highest BCUT2D eigenvalue weighted by atomic mass is 19.4. The summed E-state index contributed by atoms with van der Waals surface area (Å²) in [7, 11) is 1.85. The summed E-state index contributed by atoms with van der Waals surface area (Å²) in [5.74, 6) is 0.379. The molecule has 0 aliphatic carbocycles. The Labute approximate surface area is 137 Å². The summed E-state index contributed by atoms with van der Waals surface area (Å²) < 4.78 is 39.7. The number of aromatic nitrogens is 4. The second kappa shape index (κ2) is 5.74. The maximum absolute atomic E-state index is 12.7. The minimum atomic E-state index is -4.36. The minimum absolute atomic E-state index is 0.379. The van der Waals surface area contributed by atoms with Gasteiger partial charge in [0, 0.05) is 30.1 Å². The highest BCUT2D eigenvalue weighted by molar-refractivity contribution is 5.67. The molecule has 124 valence electrons. The second-order valence-corrected chi connectivity index (χ2v) is 5.51. The molecule has 0 saturated carbocycles. The molecule has 0 aliphatic rings. The summed E-state index contributed by atoms with van der Waals surface area (Å²) in [6.45, 7) is 3.83. The van der Waals surface area contributed by atoms with Gasteiger partial charge < -0.3 is 0 Å². The molecule has 4 nitrogen and oxygen atoms in total. The summed E-state index contributed by atoms with van der Waals surface area (Å²) in [6, 6.07) is 6.60. The first kappa shape index (κ1) is 16.2. The number of alkyl halides is 3. The Morgan fingerprint density at radius 3 is 2.21 bits per heavy atom. The van der Waals surface area contributed by atoms with E-state index in [2.05, 4.69) is 15.1 Å². The van der Waals surface area contributed by atoms with E-state index in [1.807, 2.05) is 20.9 Å². The molecular weight excluding hydrogens is 317 g/mol. The normalized spacial score (nSPS) is 11.8. The maximum atomic E-state index is 12.7. The Morgan fingerprint density at radius 1 is 1.00 bits per heavy atom. The Kier molecular flexibility index (Phi) is 3.87. The number of nitrogens with zero attached hydrogens (tertiary/aromatic N) is 4. The van der Waals surface area contributed by atoms with Crippen LogP contribution in [-0.2, 0) is 13.2 Å². The van der Waals surface area contributed by atoms with Gasteiger partial charge in [0.15, 0.2) is 5.82 Å². The van der Waals surface area contributed by atoms with Crippen LogP contribution >= 0.6 is 0 Å². The van der Waals surface area contributed by atoms with Crippen LogP contribution in [0.2, 0.25) is 0 Å². The smallest absolute Gasteiger partial charge is 0.272 e. The van der Waals surface area contributed by atoms with Crippen molar-refractivity contribution in [1.82, 2.24) is 19.7 Å². The molecule has 2 aromatic heterocycles. The first-order chi connectivity index (χ1) is 11.3. The average Bonchev–Trinajstić information content (AvgIpc) is 2.79. The molecule has 3 aromatic rings. The molecule has 0 radical (unpaired) electrons. The van der Waals surface area contributed by atoms with Crippen molar-refractivity contribution < 1.29 is 13.2 Å². The highest BCUT2D eigenvalue weighted by Crippen LogP contribution is 2.31. The van der Waals surface area contributed by atoms with Crippen molar-refractivity contribution in [1.29, 1.82) is 0 Å². The van der Waals surface area contributed by atoms with Crippen LogP contribution in [0, 0.1) is 13.8 Å². The van der Waals surface area contributed by atoms with Gasteiger partial charge in [0.1, 0.15) is 0 Å². The van der Waals surface area contributed by atoms with Gasteiger partial charge in [0.05, 0.1) is 17.0 Å². The minimum Gasteiger partial charge on any atom is -0.272 e. The third kappa shape index (κ3) is 2.89. The van der Waals surface area contributed by atoms with Gasteiger partial charge in [-0.25, -0.2) is 9.97 Å². The standard InChI is InChI=1S/C17H15F3N4/c1-10-15(11(2)24(3)23-10)14-8-9-21-16(22-14)12-4-6-13(7-5-12)17(18,19)20/h4-9H,1-3H3. The van der Waals surface area contributed by atoms with Crippen LogP contribution < -0.4 is 0 Å². The second-order valence-electron chi connectivity index (χ2n) is 5.51. The molecule has 0 spiro atoms. The van der Waals surface area contributed by atoms with Gasteiger partial charge >= 0.3 is 6.18 Å². The van der Waals surface area contributed by atoms with Crippen molar-refractivity contribution in [2.45, 2.75) is 20.0 Å². The summed E-state index contributed by atoms with van der Waals surface area (Å²) in [6.07, 6.45) is -2.76. The summed E-state index contributed by atoms with van der Waals surface area (Å²) in [4.78, 5) is 8.67. The number of aryl methyl sites for hydroxylation is 2. The molecule has 1 aromatic carbocycles. The Morgan fingerprint density at radius 2 is 1.67 bits per heavy atom. The van der Waals surface area contributed by atoms with E-state index in [1.54, 1.807) is 16.9 Å². The first-order valence-corrected chi connectivity index (χ1v) is 7.28. The summed E-state index contributed by atoms with van der Waals surface area (Å²) in [5, 5.41) is 4.36. The SMILES string of the molecule is Cc1nn(C)c(C)c1-c1ccnc(-c2ccc(C(F)(F)F)cc2)n1. The van der Waals surface area contributed by atoms with Gasteiger partial charge in [-0.3, -0.25) is 4.68 Å². The zero-order chi connectivity index (χ0) is 17.5.